The number of benzene rings is 4. The molecule has 0 aliphatic carbocycles. The van der Waals surface area contributed by atoms with Crippen LogP contribution in [-0.2, 0) is 13.1 Å². The summed E-state index contributed by atoms with van der Waals surface area (Å²) in [6, 6.07) is 15.3. The Morgan fingerprint density at radius 3 is 1.41 bits per heavy atom. The average Bonchev–Trinajstić information content (AvgIpc) is 2.94. The van der Waals surface area contributed by atoms with Gasteiger partial charge < -0.3 is 9.80 Å². The maximum absolute atomic E-state index is 13.4. The highest BCUT2D eigenvalue weighted by atomic mass is 16.2. The van der Waals surface area contributed by atoms with Gasteiger partial charge >= 0.3 is 0 Å². The number of amides is 4. The van der Waals surface area contributed by atoms with Crippen molar-refractivity contribution in [2.24, 2.45) is 0 Å². The third-order valence-electron chi connectivity index (χ3n) is 8.65. The lowest BCUT2D eigenvalue weighted by molar-refractivity contribution is 0.0603. The van der Waals surface area contributed by atoms with E-state index in [1.165, 1.54) is 9.80 Å². The Kier molecular flexibility index (Phi) is 4.25. The van der Waals surface area contributed by atoms with Crippen molar-refractivity contribution < 1.29 is 19.2 Å². The first-order valence-corrected chi connectivity index (χ1v) is 13.3. The molecule has 0 N–H and O–H groups in total. The van der Waals surface area contributed by atoms with Gasteiger partial charge in [0.25, 0.3) is 23.6 Å². The quantitative estimate of drug-likeness (QED) is 0.365. The number of carbonyl (C=O) groups excluding carboxylic acids is 4. The highest BCUT2D eigenvalue weighted by molar-refractivity contribution is 6.28. The fourth-order valence-corrected chi connectivity index (χ4v) is 7.09. The minimum absolute atomic E-state index is 0.253. The fourth-order valence-electron chi connectivity index (χ4n) is 7.09. The van der Waals surface area contributed by atoms with Crippen molar-refractivity contribution in [3.05, 3.63) is 81.9 Å². The van der Waals surface area contributed by atoms with Crippen LogP contribution in [0.2, 0.25) is 0 Å². The van der Waals surface area contributed by atoms with Crippen LogP contribution in [0.25, 0.3) is 21.5 Å². The van der Waals surface area contributed by atoms with E-state index in [1.54, 1.807) is 12.1 Å². The number of hydrogen-bond acceptors (Lipinski definition) is 6. The van der Waals surface area contributed by atoms with E-state index in [4.69, 9.17) is 0 Å². The maximum atomic E-state index is 13.4. The summed E-state index contributed by atoms with van der Waals surface area (Å²) in [7, 11) is 0. The van der Waals surface area contributed by atoms with Gasteiger partial charge in [0.1, 0.15) is 0 Å². The molecule has 4 amide bonds. The van der Waals surface area contributed by atoms with Crippen LogP contribution in [-0.4, -0.2) is 53.2 Å². The van der Waals surface area contributed by atoms with E-state index in [0.29, 0.717) is 55.1 Å². The second-order valence-corrected chi connectivity index (χ2v) is 10.6. The van der Waals surface area contributed by atoms with Gasteiger partial charge in [-0.05, 0) is 49.2 Å². The smallest absolute Gasteiger partial charge is 0.261 e. The molecule has 192 valence electrons. The Balaban J connectivity index is 1.36. The molecule has 0 saturated carbocycles. The Labute approximate surface area is 224 Å². The minimum Gasteiger partial charge on any atom is -0.349 e. The van der Waals surface area contributed by atoms with E-state index in [2.05, 4.69) is 9.80 Å². The molecular formula is C31H24N4O4. The summed E-state index contributed by atoms with van der Waals surface area (Å²) < 4.78 is 0. The lowest BCUT2D eigenvalue weighted by Crippen LogP contribution is -2.47. The average molecular weight is 517 g/mol. The molecule has 4 aliphatic heterocycles. The van der Waals surface area contributed by atoms with Gasteiger partial charge in [0.05, 0.1) is 18.0 Å². The highest BCUT2D eigenvalue weighted by Gasteiger charge is 2.40. The summed E-state index contributed by atoms with van der Waals surface area (Å²) in [5, 5.41) is 3.26. The van der Waals surface area contributed by atoms with E-state index in [-0.39, 0.29) is 23.6 Å². The van der Waals surface area contributed by atoms with Crippen LogP contribution >= 0.6 is 0 Å². The van der Waals surface area contributed by atoms with Gasteiger partial charge in [-0.2, -0.15) is 0 Å². The summed E-state index contributed by atoms with van der Waals surface area (Å²) in [6.07, 6.45) is 0. The molecule has 0 fully saturated rings. The molecule has 2 bridgehead atoms. The summed E-state index contributed by atoms with van der Waals surface area (Å²) >= 11 is 0. The molecule has 8 nitrogen and oxygen atoms in total. The first-order valence-electron chi connectivity index (χ1n) is 13.3. The van der Waals surface area contributed by atoms with Crippen molar-refractivity contribution in [2.75, 3.05) is 29.6 Å². The molecular weight excluding hydrogens is 492 g/mol. The van der Waals surface area contributed by atoms with Gasteiger partial charge in [0.2, 0.25) is 0 Å². The van der Waals surface area contributed by atoms with Gasteiger partial charge in [-0.3, -0.25) is 29.0 Å². The second-order valence-electron chi connectivity index (χ2n) is 10.6. The van der Waals surface area contributed by atoms with Crippen molar-refractivity contribution in [1.29, 1.82) is 0 Å². The number of hydrogen-bond donors (Lipinski definition) is 0. The summed E-state index contributed by atoms with van der Waals surface area (Å²) in [5.41, 5.74) is 6.36. The molecule has 0 atom stereocenters. The summed E-state index contributed by atoms with van der Waals surface area (Å²) in [5.74, 6) is -1.02. The van der Waals surface area contributed by atoms with Crippen LogP contribution in [0.3, 0.4) is 0 Å². The molecule has 0 aromatic heterocycles. The van der Waals surface area contributed by atoms with Gasteiger partial charge in [0.15, 0.2) is 0 Å². The minimum atomic E-state index is -0.255. The van der Waals surface area contributed by atoms with E-state index in [0.717, 1.165) is 44.0 Å². The Morgan fingerprint density at radius 2 is 1.00 bits per heavy atom. The number of rotatable bonds is 2. The monoisotopic (exact) mass is 516 g/mol. The van der Waals surface area contributed by atoms with Gasteiger partial charge in [-0.25, -0.2) is 0 Å². The number of imide groups is 2. The molecule has 4 heterocycles. The van der Waals surface area contributed by atoms with Crippen molar-refractivity contribution in [2.45, 2.75) is 26.9 Å². The molecule has 8 heteroatoms. The number of nitrogens with zero attached hydrogens (tertiary/aromatic N) is 4. The third kappa shape index (κ3) is 2.63. The molecule has 0 spiro atoms. The Morgan fingerprint density at radius 1 is 0.590 bits per heavy atom. The molecule has 8 rings (SSSR count). The zero-order chi connectivity index (χ0) is 26.7. The normalized spacial score (nSPS) is 17.4. The lowest BCUT2D eigenvalue weighted by Gasteiger charge is -2.46. The van der Waals surface area contributed by atoms with E-state index in [9.17, 15) is 19.2 Å². The lowest BCUT2D eigenvalue weighted by atomic mass is 9.86. The molecule has 0 unspecified atom stereocenters. The van der Waals surface area contributed by atoms with Crippen LogP contribution in [0.15, 0.2) is 48.5 Å². The molecule has 4 aliphatic rings. The fraction of sp³-hybridized carbons (Fsp3) is 0.226. The molecule has 4 aromatic carbocycles. The molecule has 39 heavy (non-hydrogen) atoms. The van der Waals surface area contributed by atoms with Gasteiger partial charge in [-0.15, -0.1) is 0 Å². The third-order valence-corrected chi connectivity index (χ3v) is 8.65. The standard InChI is InChI=1S/C31H24N4O4/c1-3-34-28(36)20-9-5-7-18-24(20)22(30(34)38)11-16-13-32-15-33(26(16)18)14-17-12-23-25-19(27(17)32)8-6-10-21(25)29(37)35(4-2)31(23)39/h5-12H,3-4,13-15H2,1-2H3. The largest absolute Gasteiger partial charge is 0.349 e. The van der Waals surface area contributed by atoms with Crippen LogP contribution in [0, 0.1) is 0 Å². The Hall–Kier alpha value is -4.72. The number of anilines is 2. The highest BCUT2D eigenvalue weighted by Crippen LogP contribution is 2.48. The van der Waals surface area contributed by atoms with Crippen LogP contribution in [0.1, 0.15) is 66.4 Å². The number of fused-ring (bicyclic) bond motifs is 8. The summed E-state index contributed by atoms with van der Waals surface area (Å²) in [4.78, 5) is 60.2. The molecule has 0 saturated heterocycles. The second kappa shape index (κ2) is 7.44. The van der Waals surface area contributed by atoms with E-state index >= 15 is 0 Å². The maximum Gasteiger partial charge on any atom is 0.261 e. The van der Waals surface area contributed by atoms with Gasteiger partial charge in [0, 0.05) is 70.0 Å². The van der Waals surface area contributed by atoms with Crippen molar-refractivity contribution in [3.63, 3.8) is 0 Å². The first kappa shape index (κ1) is 22.3. The van der Waals surface area contributed by atoms with Crippen molar-refractivity contribution in [1.82, 2.24) is 9.80 Å². The van der Waals surface area contributed by atoms with Crippen LogP contribution < -0.4 is 9.80 Å². The van der Waals surface area contributed by atoms with Crippen LogP contribution in [0.5, 0.6) is 0 Å². The zero-order valence-corrected chi connectivity index (χ0v) is 21.6. The topological polar surface area (TPSA) is 81.2 Å². The predicted molar refractivity (Wildman–Crippen MR) is 147 cm³/mol. The Bertz CT molecular complexity index is 1740. The number of carbonyl (C=O) groups is 4. The van der Waals surface area contributed by atoms with Crippen molar-refractivity contribution >= 4 is 56.5 Å². The van der Waals surface area contributed by atoms with E-state index < -0.39 is 0 Å². The zero-order valence-electron chi connectivity index (χ0n) is 21.6. The predicted octanol–water partition coefficient (Wildman–Crippen LogP) is 4.52. The summed E-state index contributed by atoms with van der Waals surface area (Å²) in [6.45, 7) is 6.04. The van der Waals surface area contributed by atoms with Gasteiger partial charge in [-0.1, -0.05) is 24.3 Å². The SMILES string of the molecule is CCN1C(=O)c2cccc3c4c(cc(c23)C1=O)CN1CN4Cc2cc3c4c(cccc4c21)C(=O)N(CC)C3=O. The molecule has 4 aromatic rings. The first-order chi connectivity index (χ1) is 18.9. The van der Waals surface area contributed by atoms with Crippen LogP contribution in [0.4, 0.5) is 11.4 Å². The molecule has 0 radical (unpaired) electrons. The van der Waals surface area contributed by atoms with E-state index in [1.807, 2.05) is 50.2 Å². The van der Waals surface area contributed by atoms with Crippen molar-refractivity contribution in [3.8, 4) is 0 Å².